The second kappa shape index (κ2) is 47.8. The number of pyridine rings is 6. The van der Waals surface area contributed by atoms with E-state index in [1.807, 2.05) is 182 Å². The van der Waals surface area contributed by atoms with Crippen molar-refractivity contribution in [3.63, 3.8) is 0 Å². The Bertz CT molecular complexity index is 3460. The molecule has 0 bridgehead atoms. The van der Waals surface area contributed by atoms with Crippen LogP contribution >= 0.6 is 11.6 Å². The predicted octanol–water partition coefficient (Wildman–Crippen LogP) is 12.5. The SMILES string of the molecule is CC(C)(C)OC(=O)N1CCC[C@H](c2ccccn2)C1.CC(C)(C)OC(=O)N1CCC[C@H](c2ccccn2)C1.CCOC(=O)C(C)=O.NC[C@H](N)c1ccccn1.O=C(Cl)OCc1ccccc1.O=C1C[C@H](c2ccccn2)CNC1=O.c1ccc([C@H]2CCCNC2)nc1.c1ccc([C@H]2CCCNC2)nc1. The number of carbonyl (C=O) groups is 7. The van der Waals surface area contributed by atoms with Crippen molar-refractivity contribution in [2.24, 2.45) is 11.5 Å². The van der Waals surface area contributed by atoms with Gasteiger partial charge in [0.15, 0.2) is 0 Å². The largest absolute Gasteiger partial charge is 0.460 e. The highest BCUT2D eigenvalue weighted by atomic mass is 35.5. The van der Waals surface area contributed by atoms with Gasteiger partial charge in [-0.05, 0) is 191 Å². The second-order valence-corrected chi connectivity index (χ2v) is 27.6. The minimum atomic E-state index is -0.770. The van der Waals surface area contributed by atoms with E-state index < -0.39 is 34.3 Å². The van der Waals surface area contributed by atoms with Crippen LogP contribution in [0.4, 0.5) is 14.4 Å². The maximum absolute atomic E-state index is 12.1. The lowest BCUT2D eigenvalue weighted by atomic mass is 9.94. The maximum atomic E-state index is 12.1. The number of likely N-dealkylation sites (tertiary alicyclic amines) is 2. The Kier molecular flexibility index (Phi) is 39.2. The van der Waals surface area contributed by atoms with Crippen LogP contribution in [-0.4, -0.2) is 164 Å². The summed E-state index contributed by atoms with van der Waals surface area (Å²) in [6, 6.07) is 44.6. The summed E-state index contributed by atoms with van der Waals surface area (Å²) in [4.78, 5) is 106. The smallest absolute Gasteiger partial charge is 0.410 e. The molecule has 6 aromatic heterocycles. The van der Waals surface area contributed by atoms with Crippen LogP contribution in [0.3, 0.4) is 0 Å². The minimum Gasteiger partial charge on any atom is -0.460 e. The van der Waals surface area contributed by atoms with Gasteiger partial charge < -0.3 is 56.2 Å². The third kappa shape index (κ3) is 35.3. The van der Waals surface area contributed by atoms with Crippen molar-refractivity contribution < 1.29 is 52.5 Å². The Hall–Kier alpha value is -9.46. The molecule has 7 aromatic rings. The molecule has 566 valence electrons. The Morgan fingerprint density at radius 2 is 0.914 bits per heavy atom. The van der Waals surface area contributed by atoms with E-state index in [2.05, 4.69) is 79.6 Å². The number of nitrogens with one attached hydrogen (secondary N) is 3. The fraction of sp³-hybridized carbons (Fsp3) is 0.463. The van der Waals surface area contributed by atoms with Crippen molar-refractivity contribution >= 4 is 52.7 Å². The second-order valence-electron chi connectivity index (χ2n) is 27.3. The number of nitrogens with zero attached hydrogens (tertiary/aromatic N) is 8. The topological polar surface area (TPSA) is 328 Å². The van der Waals surface area contributed by atoms with Gasteiger partial charge >= 0.3 is 23.6 Å². The highest BCUT2D eigenvalue weighted by Crippen LogP contribution is 2.29. The number of esters is 1. The first-order valence-electron chi connectivity index (χ1n) is 36.1. The fourth-order valence-electron chi connectivity index (χ4n) is 11.3. The lowest BCUT2D eigenvalue weighted by molar-refractivity contribution is -0.152. The van der Waals surface area contributed by atoms with Gasteiger partial charge in [0.05, 0.1) is 18.3 Å². The summed E-state index contributed by atoms with van der Waals surface area (Å²) < 4.78 is 19.7. The molecule has 11 heterocycles. The highest BCUT2D eigenvalue weighted by molar-refractivity contribution is 6.61. The summed E-state index contributed by atoms with van der Waals surface area (Å²) in [5, 5.41) is 9.34. The zero-order valence-corrected chi connectivity index (χ0v) is 62.9. The molecule has 0 unspecified atom stereocenters. The Morgan fingerprint density at radius 3 is 1.24 bits per heavy atom. The molecule has 5 fully saturated rings. The van der Waals surface area contributed by atoms with E-state index >= 15 is 0 Å². The van der Waals surface area contributed by atoms with E-state index in [0.717, 1.165) is 80.2 Å². The van der Waals surface area contributed by atoms with Gasteiger partial charge in [0, 0.05) is 173 Å². The van der Waals surface area contributed by atoms with Crippen LogP contribution < -0.4 is 27.4 Å². The predicted molar refractivity (Wildman–Crippen MR) is 406 cm³/mol. The van der Waals surface area contributed by atoms with Crippen LogP contribution in [-0.2, 0) is 44.7 Å². The number of halogens is 1. The van der Waals surface area contributed by atoms with Crippen molar-refractivity contribution in [2.75, 3.05) is 72.1 Å². The highest BCUT2D eigenvalue weighted by Gasteiger charge is 2.31. The first-order chi connectivity index (χ1) is 50.4. The lowest BCUT2D eigenvalue weighted by Crippen LogP contribution is -2.42. The number of benzene rings is 1. The molecule has 0 radical (unpaired) electrons. The normalized spacial score (nSPS) is 18.5. The maximum Gasteiger partial charge on any atom is 0.410 e. The van der Waals surface area contributed by atoms with Gasteiger partial charge in [0.1, 0.15) is 17.8 Å². The molecule has 0 saturated carbocycles. The Balaban J connectivity index is 0.000000219. The van der Waals surface area contributed by atoms with Crippen molar-refractivity contribution in [3.8, 4) is 0 Å². The average molecular weight is 1460 g/mol. The van der Waals surface area contributed by atoms with Crippen LogP contribution in [0.25, 0.3) is 0 Å². The number of ether oxygens (including phenoxy) is 4. The molecule has 0 spiro atoms. The summed E-state index contributed by atoms with van der Waals surface area (Å²) in [5.74, 6) is -0.185. The summed E-state index contributed by atoms with van der Waals surface area (Å²) in [7, 11) is 0. The fourth-order valence-corrected chi connectivity index (χ4v) is 11.3. The van der Waals surface area contributed by atoms with Crippen LogP contribution in [0.1, 0.15) is 189 Å². The van der Waals surface area contributed by atoms with Crippen LogP contribution in [0.5, 0.6) is 0 Å². The molecule has 5 saturated heterocycles. The van der Waals surface area contributed by atoms with Gasteiger partial charge in [-0.15, -0.1) is 0 Å². The number of hydrogen-bond donors (Lipinski definition) is 5. The number of nitrogens with two attached hydrogens (primary N) is 2. The third-order valence-electron chi connectivity index (χ3n) is 16.5. The monoisotopic (exact) mass is 1460 g/mol. The number of amides is 3. The van der Waals surface area contributed by atoms with E-state index in [1.165, 1.54) is 57.1 Å². The molecule has 12 rings (SSSR count). The molecule has 1 aromatic carbocycles. The molecule has 105 heavy (non-hydrogen) atoms. The summed E-state index contributed by atoms with van der Waals surface area (Å²) in [6.45, 7) is 23.1. The van der Waals surface area contributed by atoms with Crippen molar-refractivity contribution in [1.29, 1.82) is 0 Å². The van der Waals surface area contributed by atoms with Crippen molar-refractivity contribution in [2.45, 2.75) is 167 Å². The number of rotatable bonds is 11. The summed E-state index contributed by atoms with van der Waals surface area (Å²) >= 11 is 4.97. The van der Waals surface area contributed by atoms with Crippen LogP contribution in [0.2, 0.25) is 0 Å². The van der Waals surface area contributed by atoms with E-state index in [4.69, 9.17) is 32.5 Å². The number of carbonyl (C=O) groups excluding carboxylic acids is 7. The van der Waals surface area contributed by atoms with Gasteiger partial charge in [0.2, 0.25) is 11.6 Å². The Labute approximate surface area is 624 Å². The van der Waals surface area contributed by atoms with Crippen molar-refractivity contribution in [1.82, 2.24) is 55.7 Å². The van der Waals surface area contributed by atoms with Gasteiger partial charge in [-0.25, -0.2) is 19.2 Å². The van der Waals surface area contributed by atoms with E-state index in [-0.39, 0.29) is 49.6 Å². The molecular weight excluding hydrogens is 1350 g/mol. The summed E-state index contributed by atoms with van der Waals surface area (Å²) in [6.07, 6.45) is 19.9. The molecule has 24 nitrogen and oxygen atoms in total. The molecule has 7 N–H and O–H groups in total. The summed E-state index contributed by atoms with van der Waals surface area (Å²) in [5.41, 5.74) is 16.6. The third-order valence-corrected chi connectivity index (χ3v) is 16.7. The zero-order valence-electron chi connectivity index (χ0n) is 62.2. The zero-order chi connectivity index (χ0) is 76.2. The first-order valence-corrected chi connectivity index (χ1v) is 36.4. The van der Waals surface area contributed by atoms with Crippen LogP contribution in [0, 0.1) is 0 Å². The quantitative estimate of drug-likeness (QED) is 0.0348. The number of hydrogen-bond acceptors (Lipinski definition) is 21. The Morgan fingerprint density at radius 1 is 0.524 bits per heavy atom. The average Bonchev–Trinajstić information content (AvgIpc) is 0.843. The molecule has 5 aliphatic rings. The standard InChI is InChI=1S/2C15H22N2O2.C10H10N2O2.2C10H14N2.C8H7ClO2.C7H11N3.C5H8O3/c2*1-15(2,3)19-14(18)17-10-6-7-12(11-17)13-8-4-5-9-16-13;13-9-5-7(6-12-10(9)14)8-3-1-2-4-11-8;2*1-2-7-12-10(5-1)9-4-3-6-11-8-9;9-8(10)11-6-7-4-2-1-3-5-7;8-5-6(9)7-3-1-2-4-10-7;1-3-8-5(7)4(2)6/h2*4-5,8-9,12H,6-7,10-11H2,1-3H3;1-4,7H,5-6H2,(H,12,14);2*1-2,5,7,9,11H,3-4,6,8H2;1-5H,6H2;1-4,6H,5,8-9H2;3H2,1-2H3/t2*12-;7-;2*9-;;6-;/m00000.0./s1. The number of piperidine rings is 5. The number of aromatic nitrogens is 6. The molecule has 5 aliphatic heterocycles. The van der Waals surface area contributed by atoms with E-state index in [9.17, 15) is 33.6 Å². The van der Waals surface area contributed by atoms with Gasteiger partial charge in [0.25, 0.3) is 5.91 Å². The van der Waals surface area contributed by atoms with E-state index in [0.29, 0.717) is 49.9 Å². The minimum absolute atomic E-state index is 0.0291. The molecular formula is C80H108ClN13O11. The van der Waals surface area contributed by atoms with Crippen molar-refractivity contribution in [3.05, 3.63) is 216 Å². The number of ketones is 2. The molecule has 0 aliphatic carbocycles. The molecule has 25 heteroatoms. The van der Waals surface area contributed by atoms with Crippen LogP contribution in [0.15, 0.2) is 177 Å². The molecule has 6 atom stereocenters. The molecule has 3 amide bonds. The number of Topliss-reactive ketones (excluding diaryl/α,β-unsaturated/α-hetero) is 2. The van der Waals surface area contributed by atoms with Gasteiger partial charge in [-0.3, -0.25) is 44.3 Å². The first kappa shape index (κ1) is 86.2. The lowest BCUT2D eigenvalue weighted by Gasteiger charge is -2.33. The van der Waals surface area contributed by atoms with E-state index in [1.54, 1.807) is 29.1 Å². The van der Waals surface area contributed by atoms with Gasteiger partial charge in [-0.2, -0.15) is 0 Å². The van der Waals surface area contributed by atoms with Gasteiger partial charge in [-0.1, -0.05) is 66.7 Å².